The van der Waals surface area contributed by atoms with Crippen molar-refractivity contribution in [2.45, 2.75) is 31.8 Å². The molecule has 1 aliphatic heterocycles. The van der Waals surface area contributed by atoms with Crippen LogP contribution in [-0.2, 0) is 12.8 Å². The van der Waals surface area contributed by atoms with E-state index in [0.717, 1.165) is 19.4 Å². The second kappa shape index (κ2) is 6.42. The zero-order valence-electron chi connectivity index (χ0n) is 12.6. The first-order chi connectivity index (χ1) is 10.3. The summed E-state index contributed by atoms with van der Waals surface area (Å²) < 4.78 is 0. The summed E-state index contributed by atoms with van der Waals surface area (Å²) in [4.78, 5) is 0. The van der Waals surface area contributed by atoms with Gasteiger partial charge in [0.25, 0.3) is 0 Å². The number of hydrogen-bond donors (Lipinski definition) is 2. The maximum absolute atomic E-state index is 6.53. The third kappa shape index (κ3) is 3.02. The molecule has 0 bridgehead atoms. The fraction of sp³-hybridized carbons (Fsp3) is 0.368. The number of nitrogens with one attached hydrogen (secondary N) is 1. The topological polar surface area (TPSA) is 38.0 Å². The Morgan fingerprint density at radius 1 is 1.00 bits per heavy atom. The van der Waals surface area contributed by atoms with Crippen molar-refractivity contribution in [3.05, 3.63) is 71.3 Å². The third-order valence-corrected chi connectivity index (χ3v) is 4.67. The molecule has 21 heavy (non-hydrogen) atoms. The van der Waals surface area contributed by atoms with Crippen LogP contribution in [0, 0.1) is 5.92 Å². The van der Waals surface area contributed by atoms with Gasteiger partial charge >= 0.3 is 0 Å². The van der Waals surface area contributed by atoms with Gasteiger partial charge in [-0.15, -0.1) is 0 Å². The number of benzene rings is 2. The zero-order valence-corrected chi connectivity index (χ0v) is 12.6. The quantitative estimate of drug-likeness (QED) is 0.903. The molecule has 1 fully saturated rings. The third-order valence-electron chi connectivity index (χ3n) is 4.67. The van der Waals surface area contributed by atoms with Crippen LogP contribution in [0.25, 0.3) is 0 Å². The average molecular weight is 280 g/mol. The lowest BCUT2D eigenvalue weighted by Gasteiger charge is -2.21. The lowest BCUT2D eigenvalue weighted by molar-refractivity contribution is 0.470. The first kappa shape index (κ1) is 14.3. The van der Waals surface area contributed by atoms with Crippen LogP contribution in [0.3, 0.4) is 0 Å². The maximum atomic E-state index is 6.53. The lowest BCUT2D eigenvalue weighted by atomic mass is 9.88. The van der Waals surface area contributed by atoms with Crippen molar-refractivity contribution in [2.24, 2.45) is 11.7 Å². The van der Waals surface area contributed by atoms with Crippen LogP contribution in [0.1, 0.15) is 29.7 Å². The summed E-state index contributed by atoms with van der Waals surface area (Å²) in [6.45, 7) is 3.22. The molecule has 2 aromatic carbocycles. The molecule has 110 valence electrons. The van der Waals surface area contributed by atoms with Gasteiger partial charge in [-0.05, 0) is 35.4 Å². The van der Waals surface area contributed by atoms with Crippen molar-refractivity contribution in [1.29, 1.82) is 0 Å². The lowest BCUT2D eigenvalue weighted by Crippen LogP contribution is -2.33. The summed E-state index contributed by atoms with van der Waals surface area (Å²) in [5.74, 6) is 0.503. The van der Waals surface area contributed by atoms with Crippen LogP contribution in [0.15, 0.2) is 54.6 Å². The van der Waals surface area contributed by atoms with Crippen molar-refractivity contribution >= 4 is 0 Å². The van der Waals surface area contributed by atoms with Crippen molar-refractivity contribution in [3.63, 3.8) is 0 Å². The monoisotopic (exact) mass is 280 g/mol. The van der Waals surface area contributed by atoms with Gasteiger partial charge < -0.3 is 11.1 Å². The van der Waals surface area contributed by atoms with Gasteiger partial charge in [0.1, 0.15) is 0 Å². The fourth-order valence-electron chi connectivity index (χ4n) is 3.42. The van der Waals surface area contributed by atoms with E-state index in [4.69, 9.17) is 5.73 Å². The Balaban J connectivity index is 1.74. The summed E-state index contributed by atoms with van der Waals surface area (Å²) in [7, 11) is 0. The molecule has 0 radical (unpaired) electrons. The molecule has 3 unspecified atom stereocenters. The minimum atomic E-state index is 0.178. The minimum absolute atomic E-state index is 0.178. The van der Waals surface area contributed by atoms with E-state index in [2.05, 4.69) is 66.8 Å². The molecule has 3 N–H and O–H groups in total. The minimum Gasteiger partial charge on any atom is -0.326 e. The predicted molar refractivity (Wildman–Crippen MR) is 88.2 cm³/mol. The Morgan fingerprint density at radius 2 is 1.67 bits per heavy atom. The number of rotatable bonds is 4. The van der Waals surface area contributed by atoms with Gasteiger partial charge in [0.05, 0.1) is 0 Å². The average Bonchev–Trinajstić information content (AvgIpc) is 2.90. The van der Waals surface area contributed by atoms with Crippen LogP contribution in [0.2, 0.25) is 0 Å². The van der Waals surface area contributed by atoms with Gasteiger partial charge in [0.15, 0.2) is 0 Å². The smallest absolute Gasteiger partial charge is 0.0477 e. The van der Waals surface area contributed by atoms with E-state index in [-0.39, 0.29) is 12.1 Å². The number of aryl methyl sites for hydroxylation is 1. The molecule has 0 aliphatic carbocycles. The van der Waals surface area contributed by atoms with Crippen LogP contribution >= 0.6 is 0 Å². The van der Waals surface area contributed by atoms with Gasteiger partial charge in [-0.2, -0.15) is 0 Å². The Hall–Kier alpha value is -1.64. The summed E-state index contributed by atoms with van der Waals surface area (Å²) in [5, 5.41) is 3.61. The zero-order chi connectivity index (χ0) is 14.7. The van der Waals surface area contributed by atoms with E-state index in [1.165, 1.54) is 16.7 Å². The van der Waals surface area contributed by atoms with E-state index in [1.807, 2.05) is 0 Å². The van der Waals surface area contributed by atoms with Gasteiger partial charge in [0, 0.05) is 18.6 Å². The molecule has 2 aromatic rings. The van der Waals surface area contributed by atoms with Gasteiger partial charge in [-0.3, -0.25) is 0 Å². The summed E-state index contributed by atoms with van der Waals surface area (Å²) in [5.41, 5.74) is 10.7. The molecule has 3 atom stereocenters. The summed E-state index contributed by atoms with van der Waals surface area (Å²) in [6, 6.07) is 19.8. The second-order valence-electron chi connectivity index (χ2n) is 5.96. The Morgan fingerprint density at radius 3 is 2.38 bits per heavy atom. The van der Waals surface area contributed by atoms with E-state index < -0.39 is 0 Å². The van der Waals surface area contributed by atoms with E-state index >= 15 is 0 Å². The van der Waals surface area contributed by atoms with Gasteiger partial charge in [-0.25, -0.2) is 0 Å². The van der Waals surface area contributed by atoms with Crippen LogP contribution in [0.4, 0.5) is 0 Å². The van der Waals surface area contributed by atoms with E-state index in [1.54, 1.807) is 0 Å². The van der Waals surface area contributed by atoms with Crippen molar-refractivity contribution < 1.29 is 0 Å². The molecule has 2 nitrogen and oxygen atoms in total. The molecule has 0 spiro atoms. The molecular formula is C19H24N2. The Kier molecular flexibility index (Phi) is 4.37. The number of hydrogen-bond acceptors (Lipinski definition) is 2. The summed E-state index contributed by atoms with van der Waals surface area (Å²) >= 11 is 0. The SMILES string of the molecule is CCc1ccccc1CC1CNC(c2ccccc2)C1N. The highest BCUT2D eigenvalue weighted by molar-refractivity contribution is 5.29. The van der Waals surface area contributed by atoms with Crippen molar-refractivity contribution in [1.82, 2.24) is 5.32 Å². The molecule has 2 heteroatoms. The summed E-state index contributed by atoms with van der Waals surface area (Å²) in [6.07, 6.45) is 2.16. The Bertz CT molecular complexity index is 579. The highest BCUT2D eigenvalue weighted by Crippen LogP contribution is 2.29. The number of nitrogens with two attached hydrogens (primary N) is 1. The van der Waals surface area contributed by atoms with Gasteiger partial charge in [-0.1, -0.05) is 61.5 Å². The molecule has 1 heterocycles. The molecule has 3 rings (SSSR count). The van der Waals surface area contributed by atoms with E-state index in [0.29, 0.717) is 5.92 Å². The predicted octanol–water partition coefficient (Wildman–Crippen LogP) is 3.08. The Labute approximate surface area is 127 Å². The molecular weight excluding hydrogens is 256 g/mol. The molecule has 1 saturated heterocycles. The molecule has 0 amide bonds. The molecule has 1 aliphatic rings. The van der Waals surface area contributed by atoms with Gasteiger partial charge in [0.2, 0.25) is 0 Å². The van der Waals surface area contributed by atoms with Crippen molar-refractivity contribution in [2.75, 3.05) is 6.54 Å². The highest BCUT2D eigenvalue weighted by atomic mass is 15.0. The first-order valence-corrected chi connectivity index (χ1v) is 7.90. The second-order valence-corrected chi connectivity index (χ2v) is 5.96. The molecule has 0 saturated carbocycles. The van der Waals surface area contributed by atoms with Crippen molar-refractivity contribution in [3.8, 4) is 0 Å². The first-order valence-electron chi connectivity index (χ1n) is 7.90. The highest BCUT2D eigenvalue weighted by Gasteiger charge is 2.33. The molecule has 0 aromatic heterocycles. The van der Waals surface area contributed by atoms with Crippen LogP contribution < -0.4 is 11.1 Å². The largest absolute Gasteiger partial charge is 0.326 e. The normalized spacial score (nSPS) is 25.1. The van der Waals surface area contributed by atoms with Crippen LogP contribution in [-0.4, -0.2) is 12.6 Å². The van der Waals surface area contributed by atoms with E-state index in [9.17, 15) is 0 Å². The maximum Gasteiger partial charge on any atom is 0.0477 e. The fourth-order valence-corrected chi connectivity index (χ4v) is 3.42. The van der Waals surface area contributed by atoms with Crippen LogP contribution in [0.5, 0.6) is 0 Å². The standard InChI is InChI=1S/C19H24N2/c1-2-14-8-6-7-11-16(14)12-17-13-21-19(18(17)20)15-9-4-3-5-10-15/h3-11,17-19,21H,2,12-13,20H2,1H3.